The van der Waals surface area contributed by atoms with E-state index in [4.69, 9.17) is 25.8 Å². The number of carbonyl (C=O) groups excluding carboxylic acids is 1. The van der Waals surface area contributed by atoms with Crippen molar-refractivity contribution in [1.82, 2.24) is 9.62 Å². The smallest absolute Gasteiger partial charge is 0.261 e. The summed E-state index contributed by atoms with van der Waals surface area (Å²) in [4.78, 5) is 12.6. The Labute approximate surface area is 193 Å². The molecule has 0 radical (unpaired) electrons. The average Bonchev–Trinajstić information content (AvgIpc) is 2.81. The van der Waals surface area contributed by atoms with Crippen molar-refractivity contribution in [3.05, 3.63) is 53.6 Å². The van der Waals surface area contributed by atoms with Gasteiger partial charge in [0.2, 0.25) is 10.0 Å². The molecule has 0 spiro atoms. The molecule has 0 aliphatic carbocycles. The Morgan fingerprint density at radius 1 is 1.16 bits per heavy atom. The molecule has 0 bridgehead atoms. The number of sulfonamides is 1. The molecule has 2 aromatic carbocycles. The third-order valence-corrected chi connectivity index (χ3v) is 6.99. The molecule has 10 heteroatoms. The topological polar surface area (TPSA) is 94.2 Å². The van der Waals surface area contributed by atoms with Crippen LogP contribution < -0.4 is 14.8 Å². The fraction of sp³-hybridized carbons (Fsp3) is 0.409. The summed E-state index contributed by atoms with van der Waals surface area (Å²) in [5.74, 6) is 0.799. The Bertz CT molecular complexity index is 994. The molecule has 3 rings (SSSR count). The largest absolute Gasteiger partial charge is 0.492 e. The molecule has 32 heavy (non-hydrogen) atoms. The molecule has 1 aliphatic heterocycles. The van der Waals surface area contributed by atoms with Crippen molar-refractivity contribution < 1.29 is 27.4 Å². The van der Waals surface area contributed by atoms with Gasteiger partial charge in [-0.15, -0.1) is 0 Å². The van der Waals surface area contributed by atoms with Crippen LogP contribution in [0.25, 0.3) is 0 Å². The molecule has 0 saturated carbocycles. The molecule has 0 aromatic heterocycles. The lowest BCUT2D eigenvalue weighted by molar-refractivity contribution is -0.128. The minimum absolute atomic E-state index is 0.212. The SMILES string of the molecule is CC[C@H](Oc1cccc(Cl)c1)C(=O)NCCOc1ccc(S(=O)(=O)N2CCOCC2)cc1. The van der Waals surface area contributed by atoms with Crippen molar-refractivity contribution in [3.63, 3.8) is 0 Å². The number of halogens is 1. The van der Waals surface area contributed by atoms with Gasteiger partial charge in [-0.3, -0.25) is 4.79 Å². The Morgan fingerprint density at radius 2 is 1.88 bits per heavy atom. The van der Waals surface area contributed by atoms with E-state index in [1.165, 1.54) is 16.4 Å². The second-order valence-electron chi connectivity index (χ2n) is 7.10. The van der Waals surface area contributed by atoms with E-state index >= 15 is 0 Å². The van der Waals surface area contributed by atoms with E-state index in [2.05, 4.69) is 5.32 Å². The van der Waals surface area contributed by atoms with Crippen LogP contribution in [0.3, 0.4) is 0 Å². The number of ether oxygens (including phenoxy) is 3. The number of nitrogens with one attached hydrogen (secondary N) is 1. The van der Waals surface area contributed by atoms with Gasteiger partial charge in [-0.05, 0) is 48.9 Å². The van der Waals surface area contributed by atoms with Gasteiger partial charge < -0.3 is 19.5 Å². The first-order chi connectivity index (χ1) is 15.4. The highest BCUT2D eigenvalue weighted by molar-refractivity contribution is 7.89. The summed E-state index contributed by atoms with van der Waals surface area (Å²) in [7, 11) is -3.54. The highest BCUT2D eigenvalue weighted by Gasteiger charge is 2.26. The molecule has 1 N–H and O–H groups in total. The van der Waals surface area contributed by atoms with Crippen LogP contribution in [-0.4, -0.2) is 64.2 Å². The Kier molecular flexibility index (Phi) is 8.75. The molecule has 1 aliphatic rings. The van der Waals surface area contributed by atoms with Crippen molar-refractivity contribution in [2.75, 3.05) is 39.5 Å². The van der Waals surface area contributed by atoms with Gasteiger partial charge in [0.1, 0.15) is 18.1 Å². The highest BCUT2D eigenvalue weighted by Crippen LogP contribution is 2.21. The summed E-state index contributed by atoms with van der Waals surface area (Å²) in [5.41, 5.74) is 0. The van der Waals surface area contributed by atoms with Crippen LogP contribution in [0, 0.1) is 0 Å². The first-order valence-electron chi connectivity index (χ1n) is 10.4. The van der Waals surface area contributed by atoms with Crippen molar-refractivity contribution in [2.45, 2.75) is 24.3 Å². The summed E-state index contributed by atoms with van der Waals surface area (Å²) >= 11 is 5.95. The maximum atomic E-state index is 12.6. The first-order valence-corrected chi connectivity index (χ1v) is 12.2. The fourth-order valence-electron chi connectivity index (χ4n) is 3.13. The average molecular weight is 483 g/mol. The third kappa shape index (κ3) is 6.59. The zero-order chi connectivity index (χ0) is 23.0. The summed E-state index contributed by atoms with van der Waals surface area (Å²) in [6.45, 7) is 3.86. The van der Waals surface area contributed by atoms with E-state index in [-0.39, 0.29) is 24.0 Å². The lowest BCUT2D eigenvalue weighted by Crippen LogP contribution is -2.40. The zero-order valence-electron chi connectivity index (χ0n) is 17.8. The molecule has 1 fully saturated rings. The number of hydrogen-bond acceptors (Lipinski definition) is 6. The van der Waals surface area contributed by atoms with Gasteiger partial charge in [0.05, 0.1) is 24.7 Å². The van der Waals surface area contributed by atoms with Gasteiger partial charge in [0, 0.05) is 18.1 Å². The van der Waals surface area contributed by atoms with Crippen LogP contribution in [0.1, 0.15) is 13.3 Å². The normalized spacial score (nSPS) is 15.7. The van der Waals surface area contributed by atoms with Crippen LogP contribution in [0.4, 0.5) is 0 Å². The zero-order valence-corrected chi connectivity index (χ0v) is 19.4. The second kappa shape index (κ2) is 11.5. The number of amides is 1. The molecule has 0 unspecified atom stereocenters. The van der Waals surface area contributed by atoms with Crippen LogP contribution in [0.15, 0.2) is 53.4 Å². The maximum absolute atomic E-state index is 12.6. The molecule has 1 heterocycles. The molecular formula is C22H27ClN2O6S. The molecule has 1 amide bonds. The summed E-state index contributed by atoms with van der Waals surface area (Å²) in [6.07, 6.45) is -0.142. The van der Waals surface area contributed by atoms with E-state index in [9.17, 15) is 13.2 Å². The van der Waals surface area contributed by atoms with Gasteiger partial charge in [0.25, 0.3) is 5.91 Å². The lowest BCUT2D eigenvalue weighted by atomic mass is 10.2. The summed E-state index contributed by atoms with van der Waals surface area (Å²) < 4.78 is 43.2. The van der Waals surface area contributed by atoms with Crippen LogP contribution in [0.2, 0.25) is 5.02 Å². The number of carbonyl (C=O) groups is 1. The van der Waals surface area contributed by atoms with Crippen LogP contribution >= 0.6 is 11.6 Å². The predicted octanol–water partition coefficient (Wildman–Crippen LogP) is 2.71. The van der Waals surface area contributed by atoms with Crippen molar-refractivity contribution in [1.29, 1.82) is 0 Å². The monoisotopic (exact) mass is 482 g/mol. The number of benzene rings is 2. The van der Waals surface area contributed by atoms with Crippen LogP contribution in [0.5, 0.6) is 11.5 Å². The Hall–Kier alpha value is -2.33. The summed E-state index contributed by atoms with van der Waals surface area (Å²) in [6, 6.07) is 13.1. The second-order valence-corrected chi connectivity index (χ2v) is 9.47. The first kappa shape index (κ1) is 24.3. The van der Waals surface area contributed by atoms with E-state index in [1.807, 2.05) is 6.92 Å². The van der Waals surface area contributed by atoms with Crippen molar-refractivity contribution in [3.8, 4) is 11.5 Å². The van der Waals surface area contributed by atoms with Gasteiger partial charge in [-0.1, -0.05) is 24.6 Å². The fourth-order valence-corrected chi connectivity index (χ4v) is 4.72. The van der Waals surface area contributed by atoms with E-state index in [0.717, 1.165) is 0 Å². The third-order valence-electron chi connectivity index (χ3n) is 4.84. The molecule has 8 nitrogen and oxygen atoms in total. The maximum Gasteiger partial charge on any atom is 0.261 e. The minimum atomic E-state index is -3.54. The van der Waals surface area contributed by atoms with E-state index < -0.39 is 16.1 Å². The molecule has 1 saturated heterocycles. The quantitative estimate of drug-likeness (QED) is 0.523. The number of rotatable bonds is 10. The van der Waals surface area contributed by atoms with Crippen molar-refractivity contribution in [2.24, 2.45) is 0 Å². The van der Waals surface area contributed by atoms with Gasteiger partial charge in [0.15, 0.2) is 6.10 Å². The van der Waals surface area contributed by atoms with Gasteiger partial charge in [-0.25, -0.2) is 8.42 Å². The van der Waals surface area contributed by atoms with Crippen molar-refractivity contribution >= 4 is 27.5 Å². The molecule has 1 atom stereocenters. The molecule has 174 valence electrons. The van der Waals surface area contributed by atoms with Crippen LogP contribution in [-0.2, 0) is 19.6 Å². The van der Waals surface area contributed by atoms with Gasteiger partial charge in [-0.2, -0.15) is 4.31 Å². The number of hydrogen-bond donors (Lipinski definition) is 1. The number of nitrogens with zero attached hydrogens (tertiary/aromatic N) is 1. The standard InChI is InChI=1S/C22H27ClN2O6S/c1-2-21(31-19-5-3-4-17(23)16-19)22(26)24-10-13-30-18-6-8-20(9-7-18)32(27,28)25-11-14-29-15-12-25/h3-9,16,21H,2,10-15H2,1H3,(H,24,26)/t21-/m0/s1. The Morgan fingerprint density at radius 3 is 2.53 bits per heavy atom. The predicted molar refractivity (Wildman–Crippen MR) is 121 cm³/mol. The number of morpholine rings is 1. The van der Waals surface area contributed by atoms with E-state index in [0.29, 0.717) is 49.2 Å². The minimum Gasteiger partial charge on any atom is -0.492 e. The summed E-state index contributed by atoms with van der Waals surface area (Å²) in [5, 5.41) is 3.32. The lowest BCUT2D eigenvalue weighted by Gasteiger charge is -2.26. The highest BCUT2D eigenvalue weighted by atomic mass is 35.5. The van der Waals surface area contributed by atoms with Gasteiger partial charge >= 0.3 is 0 Å². The molecular weight excluding hydrogens is 456 g/mol. The molecule has 2 aromatic rings. The Balaban J connectivity index is 1.45. The van der Waals surface area contributed by atoms with E-state index in [1.54, 1.807) is 36.4 Å².